The number of imidazole rings is 1. The Labute approximate surface area is 191 Å². The molecule has 1 amide bonds. The van der Waals surface area contributed by atoms with E-state index in [1.165, 1.54) is 30.6 Å². The maximum absolute atomic E-state index is 12.9. The monoisotopic (exact) mass is 436 g/mol. The molecule has 0 spiro atoms. The summed E-state index contributed by atoms with van der Waals surface area (Å²) < 4.78 is 2.11. The van der Waals surface area contributed by atoms with Gasteiger partial charge in [-0.15, -0.1) is 0 Å². The molecule has 5 rings (SSSR count). The van der Waals surface area contributed by atoms with Crippen LogP contribution >= 0.6 is 0 Å². The van der Waals surface area contributed by atoms with Crippen LogP contribution in [0.15, 0.2) is 12.4 Å². The summed E-state index contributed by atoms with van der Waals surface area (Å²) in [6, 6.07) is 0. The molecule has 0 N–H and O–H groups in total. The van der Waals surface area contributed by atoms with Crippen LogP contribution in [0, 0.1) is 19.8 Å². The van der Waals surface area contributed by atoms with Gasteiger partial charge in [-0.25, -0.2) is 15.0 Å². The smallest absolute Gasteiger partial charge is 0.222 e. The van der Waals surface area contributed by atoms with Gasteiger partial charge >= 0.3 is 0 Å². The van der Waals surface area contributed by atoms with E-state index in [4.69, 9.17) is 9.97 Å². The fourth-order valence-corrected chi connectivity index (χ4v) is 5.29. The molecule has 0 bridgehead atoms. The molecule has 1 saturated carbocycles. The van der Waals surface area contributed by atoms with E-state index in [1.807, 2.05) is 19.3 Å². The SMILES string of the molecule is Cc1nc([C@@H]2CCCN(C(=O)CCCn3ccnc3C)C2)nc2c1CCCN2CC1CC1. The first-order valence-corrected chi connectivity index (χ1v) is 12.5. The van der Waals surface area contributed by atoms with Gasteiger partial charge in [0.2, 0.25) is 5.91 Å². The summed E-state index contributed by atoms with van der Waals surface area (Å²) in [6.45, 7) is 8.87. The minimum Gasteiger partial charge on any atom is -0.356 e. The first kappa shape index (κ1) is 21.4. The predicted octanol–water partition coefficient (Wildman–Crippen LogP) is 3.64. The molecule has 1 aliphatic carbocycles. The van der Waals surface area contributed by atoms with Crippen LogP contribution < -0.4 is 4.90 Å². The number of anilines is 1. The zero-order valence-electron chi connectivity index (χ0n) is 19.6. The van der Waals surface area contributed by atoms with Gasteiger partial charge in [0.25, 0.3) is 0 Å². The number of carbonyl (C=O) groups excluding carboxylic acids is 1. The summed E-state index contributed by atoms with van der Waals surface area (Å²) in [5.74, 6) is 4.51. The molecule has 2 fully saturated rings. The highest BCUT2D eigenvalue weighted by Gasteiger charge is 2.31. The molecular formula is C25H36N6O. The van der Waals surface area contributed by atoms with Crippen molar-refractivity contribution in [2.75, 3.05) is 31.1 Å². The second-order valence-corrected chi connectivity index (χ2v) is 9.91. The minimum atomic E-state index is 0.247. The Bertz CT molecular complexity index is 965. The van der Waals surface area contributed by atoms with E-state index in [2.05, 4.69) is 26.3 Å². The number of likely N-dealkylation sites (tertiary alicyclic amines) is 1. The predicted molar refractivity (Wildman–Crippen MR) is 125 cm³/mol. The second-order valence-electron chi connectivity index (χ2n) is 9.91. The Hall–Kier alpha value is -2.44. The second kappa shape index (κ2) is 9.20. The number of rotatable bonds is 7. The number of fused-ring (bicyclic) bond motifs is 1. The molecule has 1 atom stereocenters. The fourth-order valence-electron chi connectivity index (χ4n) is 5.29. The summed E-state index contributed by atoms with van der Waals surface area (Å²) in [5, 5.41) is 0. The molecular weight excluding hydrogens is 400 g/mol. The number of carbonyl (C=O) groups is 1. The van der Waals surface area contributed by atoms with Crippen LogP contribution in [0.4, 0.5) is 5.82 Å². The first-order valence-electron chi connectivity index (χ1n) is 12.5. The lowest BCUT2D eigenvalue weighted by molar-refractivity contribution is -0.132. The van der Waals surface area contributed by atoms with Gasteiger partial charge in [-0.1, -0.05) is 0 Å². The molecule has 0 aromatic carbocycles. The molecule has 0 unspecified atom stereocenters. The lowest BCUT2D eigenvalue weighted by Gasteiger charge is -2.34. The van der Waals surface area contributed by atoms with E-state index >= 15 is 0 Å². The number of aryl methyl sites for hydroxylation is 3. The average Bonchev–Trinajstić information content (AvgIpc) is 3.53. The lowest BCUT2D eigenvalue weighted by atomic mass is 9.95. The highest BCUT2D eigenvalue weighted by Crippen LogP contribution is 2.36. The van der Waals surface area contributed by atoms with Crippen LogP contribution in [0.3, 0.4) is 0 Å². The molecule has 1 saturated heterocycles. The molecule has 2 aromatic heterocycles. The van der Waals surface area contributed by atoms with E-state index in [9.17, 15) is 4.79 Å². The molecule has 4 heterocycles. The van der Waals surface area contributed by atoms with Crippen molar-refractivity contribution >= 4 is 11.7 Å². The summed E-state index contributed by atoms with van der Waals surface area (Å²) in [5.41, 5.74) is 2.49. The van der Waals surface area contributed by atoms with Gasteiger partial charge in [-0.05, 0) is 64.7 Å². The molecule has 2 aliphatic heterocycles. The van der Waals surface area contributed by atoms with Crippen molar-refractivity contribution in [2.45, 2.75) is 77.7 Å². The quantitative estimate of drug-likeness (QED) is 0.663. The summed E-state index contributed by atoms with van der Waals surface area (Å²) >= 11 is 0. The van der Waals surface area contributed by atoms with Crippen LogP contribution in [-0.2, 0) is 17.8 Å². The third kappa shape index (κ3) is 4.66. The Balaban J connectivity index is 1.24. The summed E-state index contributed by atoms with van der Waals surface area (Å²) in [7, 11) is 0. The Morgan fingerprint density at radius 1 is 1.12 bits per heavy atom. The van der Waals surface area contributed by atoms with Crippen molar-refractivity contribution in [2.24, 2.45) is 5.92 Å². The van der Waals surface area contributed by atoms with Gasteiger partial charge in [0.05, 0.1) is 0 Å². The highest BCUT2D eigenvalue weighted by molar-refractivity contribution is 5.76. The normalized spacial score (nSPS) is 21.0. The molecule has 32 heavy (non-hydrogen) atoms. The summed E-state index contributed by atoms with van der Waals surface area (Å²) in [6.07, 6.45) is 12.4. The van der Waals surface area contributed by atoms with E-state index in [1.54, 1.807) is 0 Å². The van der Waals surface area contributed by atoms with E-state index < -0.39 is 0 Å². The van der Waals surface area contributed by atoms with Gasteiger partial charge < -0.3 is 14.4 Å². The Morgan fingerprint density at radius 2 is 2.00 bits per heavy atom. The van der Waals surface area contributed by atoms with Crippen molar-refractivity contribution in [3.8, 4) is 0 Å². The number of nitrogens with zero attached hydrogens (tertiary/aromatic N) is 6. The molecule has 2 aromatic rings. The van der Waals surface area contributed by atoms with Crippen molar-refractivity contribution in [1.29, 1.82) is 0 Å². The van der Waals surface area contributed by atoms with Crippen LogP contribution in [0.25, 0.3) is 0 Å². The van der Waals surface area contributed by atoms with Crippen LogP contribution in [-0.4, -0.2) is 56.5 Å². The van der Waals surface area contributed by atoms with E-state index in [0.29, 0.717) is 6.42 Å². The lowest BCUT2D eigenvalue weighted by Crippen LogP contribution is -2.40. The van der Waals surface area contributed by atoms with Crippen molar-refractivity contribution in [1.82, 2.24) is 24.4 Å². The Morgan fingerprint density at radius 3 is 2.78 bits per heavy atom. The van der Waals surface area contributed by atoms with Gasteiger partial charge in [0, 0.05) is 68.7 Å². The van der Waals surface area contributed by atoms with Crippen molar-refractivity contribution in [3.05, 3.63) is 35.3 Å². The summed E-state index contributed by atoms with van der Waals surface area (Å²) in [4.78, 5) is 31.8. The third-order valence-corrected chi connectivity index (χ3v) is 7.39. The van der Waals surface area contributed by atoms with Crippen molar-refractivity contribution in [3.63, 3.8) is 0 Å². The fraction of sp³-hybridized carbons (Fsp3) is 0.680. The van der Waals surface area contributed by atoms with Gasteiger partial charge in [-0.3, -0.25) is 4.79 Å². The highest BCUT2D eigenvalue weighted by atomic mass is 16.2. The van der Waals surface area contributed by atoms with E-state index in [0.717, 1.165) is 81.7 Å². The van der Waals surface area contributed by atoms with Gasteiger partial charge in [-0.2, -0.15) is 0 Å². The zero-order chi connectivity index (χ0) is 22.1. The molecule has 0 radical (unpaired) electrons. The molecule has 7 heteroatoms. The van der Waals surface area contributed by atoms with Crippen LogP contribution in [0.1, 0.15) is 73.8 Å². The zero-order valence-corrected chi connectivity index (χ0v) is 19.6. The van der Waals surface area contributed by atoms with Crippen LogP contribution in [0.2, 0.25) is 0 Å². The molecule has 7 nitrogen and oxygen atoms in total. The maximum Gasteiger partial charge on any atom is 0.222 e. The Kier molecular flexibility index (Phi) is 6.15. The third-order valence-electron chi connectivity index (χ3n) is 7.39. The number of piperidine rings is 1. The molecule has 3 aliphatic rings. The first-order chi connectivity index (χ1) is 15.6. The van der Waals surface area contributed by atoms with E-state index in [-0.39, 0.29) is 11.8 Å². The van der Waals surface area contributed by atoms with Crippen LogP contribution in [0.5, 0.6) is 0 Å². The molecule has 172 valence electrons. The minimum absolute atomic E-state index is 0.247. The van der Waals surface area contributed by atoms with Gasteiger partial charge in [0.1, 0.15) is 17.5 Å². The topological polar surface area (TPSA) is 67.2 Å². The number of hydrogen-bond acceptors (Lipinski definition) is 5. The maximum atomic E-state index is 12.9. The largest absolute Gasteiger partial charge is 0.356 e. The number of amides is 1. The number of aromatic nitrogens is 4. The average molecular weight is 437 g/mol. The number of hydrogen-bond donors (Lipinski definition) is 0. The van der Waals surface area contributed by atoms with Crippen molar-refractivity contribution < 1.29 is 4.79 Å². The standard InChI is InChI=1S/C25H36N6O/c1-18-22-7-4-14-31(16-20-9-10-20)25(22)28-24(27-18)21-6-3-13-30(17-21)23(32)8-5-12-29-15-11-26-19(29)2/h11,15,20-21H,3-10,12-14,16-17H2,1-2H3/t21-/m1/s1. The van der Waals surface area contributed by atoms with Gasteiger partial charge in [0.15, 0.2) is 0 Å².